The quantitative estimate of drug-likeness (QED) is 0.583. The van der Waals surface area contributed by atoms with E-state index in [1.807, 2.05) is 19.9 Å². The molecule has 93 valence electrons. The van der Waals surface area contributed by atoms with Crippen LogP contribution in [0.25, 0.3) is 0 Å². The van der Waals surface area contributed by atoms with Crippen LogP contribution in [0.15, 0.2) is 18.2 Å². The van der Waals surface area contributed by atoms with Gasteiger partial charge in [0.05, 0.1) is 12.2 Å². The van der Waals surface area contributed by atoms with Crippen LogP contribution in [0.1, 0.15) is 28.4 Å². The second kappa shape index (κ2) is 6.37. The predicted molar refractivity (Wildman–Crippen MR) is 63.2 cm³/mol. The average molecular weight is 237 g/mol. The number of ether oxygens (including phenoxy) is 1. The Bertz CT molecular complexity index is 387. The Morgan fingerprint density at radius 1 is 1.18 bits per heavy atom. The van der Waals surface area contributed by atoms with Crippen LogP contribution >= 0.6 is 0 Å². The van der Waals surface area contributed by atoms with Crippen LogP contribution in [0.3, 0.4) is 0 Å². The van der Waals surface area contributed by atoms with Crippen molar-refractivity contribution in [3.05, 3.63) is 41.0 Å². The van der Waals surface area contributed by atoms with E-state index < -0.39 is 5.97 Å². The minimum Gasteiger partial charge on any atom is -0.381 e. The van der Waals surface area contributed by atoms with Crippen LogP contribution in [-0.4, -0.2) is 19.7 Å². The number of rotatable bonds is 5. The lowest BCUT2D eigenvalue weighted by Gasteiger charge is -2.09. The van der Waals surface area contributed by atoms with Gasteiger partial charge in [-0.2, -0.15) is 4.89 Å². The van der Waals surface area contributed by atoms with Crippen LogP contribution in [0.4, 0.5) is 0 Å². The predicted octanol–water partition coefficient (Wildman–Crippen LogP) is 2.59. The summed E-state index contributed by atoms with van der Waals surface area (Å²) in [4.78, 5) is 21.1. The normalized spacial score (nSPS) is 10.6. The summed E-state index contributed by atoms with van der Waals surface area (Å²) in [7, 11) is 1.54. The molecule has 1 radical (unpaired) electrons. The van der Waals surface area contributed by atoms with E-state index >= 15 is 0 Å². The van der Waals surface area contributed by atoms with Gasteiger partial charge in [-0.15, -0.1) is 0 Å². The third-order valence-electron chi connectivity index (χ3n) is 2.35. The van der Waals surface area contributed by atoms with Gasteiger partial charge >= 0.3 is 5.97 Å². The third kappa shape index (κ3) is 4.17. The maximum Gasteiger partial charge on any atom is 0.373 e. The van der Waals surface area contributed by atoms with E-state index in [9.17, 15) is 4.79 Å². The highest BCUT2D eigenvalue weighted by atomic mass is 17.2. The molecule has 0 amide bonds. The minimum atomic E-state index is -0.511. The van der Waals surface area contributed by atoms with E-state index in [-0.39, 0.29) is 0 Å². The molecule has 0 bridgehead atoms. The Labute approximate surface area is 101 Å². The molecular formula is C13H17O4. The van der Waals surface area contributed by atoms with Crippen LogP contribution in [0, 0.1) is 20.0 Å². The Hall–Kier alpha value is -1.39. The molecule has 0 N–H and O–H groups in total. The van der Waals surface area contributed by atoms with Crippen molar-refractivity contribution in [2.45, 2.75) is 20.8 Å². The van der Waals surface area contributed by atoms with Crippen molar-refractivity contribution in [1.82, 2.24) is 0 Å². The highest BCUT2D eigenvalue weighted by molar-refractivity contribution is 5.89. The number of aryl methyl sites for hydroxylation is 2. The van der Waals surface area contributed by atoms with Gasteiger partial charge in [-0.1, -0.05) is 6.07 Å². The summed E-state index contributed by atoms with van der Waals surface area (Å²) in [6.07, 6.45) is 0.490. The van der Waals surface area contributed by atoms with Crippen molar-refractivity contribution in [1.29, 1.82) is 0 Å². The van der Waals surface area contributed by atoms with Gasteiger partial charge in [-0.3, -0.25) is 4.89 Å². The van der Waals surface area contributed by atoms with E-state index in [0.717, 1.165) is 11.1 Å². The fourth-order valence-corrected chi connectivity index (χ4v) is 1.25. The van der Waals surface area contributed by atoms with Crippen molar-refractivity contribution in [3.8, 4) is 0 Å². The molecule has 4 heteroatoms. The molecule has 0 aliphatic rings. The molecule has 17 heavy (non-hydrogen) atoms. The van der Waals surface area contributed by atoms with Crippen molar-refractivity contribution < 1.29 is 19.3 Å². The van der Waals surface area contributed by atoms with Gasteiger partial charge in [-0.05, 0) is 44.0 Å². The summed E-state index contributed by atoms with van der Waals surface area (Å²) in [5, 5.41) is 0. The first-order chi connectivity index (χ1) is 8.04. The van der Waals surface area contributed by atoms with Gasteiger partial charge in [0, 0.05) is 7.11 Å². The minimum absolute atomic E-state index is 0.292. The fourth-order valence-electron chi connectivity index (χ4n) is 1.25. The molecule has 0 spiro atoms. The first-order valence-corrected chi connectivity index (χ1v) is 5.32. The zero-order chi connectivity index (χ0) is 12.8. The summed E-state index contributed by atoms with van der Waals surface area (Å²) in [5.74, 6) is -0.511. The van der Waals surface area contributed by atoms with Crippen LogP contribution in [-0.2, 0) is 14.5 Å². The molecule has 1 aromatic rings. The smallest absolute Gasteiger partial charge is 0.373 e. The van der Waals surface area contributed by atoms with Crippen LogP contribution < -0.4 is 0 Å². The summed E-state index contributed by atoms with van der Waals surface area (Å²) in [6, 6.07) is 5.35. The topological polar surface area (TPSA) is 44.8 Å². The number of carbonyl (C=O) groups excluding carboxylic acids is 1. The third-order valence-corrected chi connectivity index (χ3v) is 2.35. The lowest BCUT2D eigenvalue weighted by molar-refractivity contribution is -0.237. The standard InChI is InChI=1S/C13H17O4/c1-9-5-6-12(7-10(9)2)13(14)17-16-11(3)8-15-4/h5-7H,8H2,1-4H3. The van der Waals surface area contributed by atoms with E-state index in [1.165, 1.54) is 7.11 Å². The molecule has 0 aliphatic heterocycles. The zero-order valence-electron chi connectivity index (χ0n) is 10.6. The van der Waals surface area contributed by atoms with Crippen molar-refractivity contribution >= 4 is 5.97 Å². The van der Waals surface area contributed by atoms with Crippen LogP contribution in [0.5, 0.6) is 0 Å². The first kappa shape index (κ1) is 13.7. The SMILES string of the molecule is COC[C](C)OOC(=O)c1ccc(C)c(C)c1. The molecule has 1 rings (SSSR count). The second-order valence-electron chi connectivity index (χ2n) is 3.89. The van der Waals surface area contributed by atoms with Gasteiger partial charge < -0.3 is 4.74 Å². The molecule has 0 atom stereocenters. The summed E-state index contributed by atoms with van der Waals surface area (Å²) in [5.41, 5.74) is 2.64. The van der Waals surface area contributed by atoms with Crippen molar-refractivity contribution in [2.24, 2.45) is 0 Å². The molecule has 1 aromatic carbocycles. The highest BCUT2D eigenvalue weighted by Gasteiger charge is 2.12. The number of benzene rings is 1. The molecule has 0 aromatic heterocycles. The molecule has 0 saturated carbocycles. The summed E-state index contributed by atoms with van der Waals surface area (Å²) < 4.78 is 4.82. The number of hydrogen-bond acceptors (Lipinski definition) is 4. The Morgan fingerprint density at radius 3 is 2.47 bits per heavy atom. The Morgan fingerprint density at radius 2 is 1.88 bits per heavy atom. The molecule has 0 heterocycles. The van der Waals surface area contributed by atoms with E-state index in [1.54, 1.807) is 19.1 Å². The molecule has 0 fully saturated rings. The largest absolute Gasteiger partial charge is 0.381 e. The number of carbonyl (C=O) groups is 1. The Kier molecular flexibility index (Phi) is 5.12. The fraction of sp³-hybridized carbons (Fsp3) is 0.385. The number of methoxy groups -OCH3 is 1. The highest BCUT2D eigenvalue weighted by Crippen LogP contribution is 2.12. The maximum atomic E-state index is 11.6. The average Bonchev–Trinajstić information content (AvgIpc) is 2.30. The van der Waals surface area contributed by atoms with E-state index in [0.29, 0.717) is 18.3 Å². The monoisotopic (exact) mass is 237 g/mol. The van der Waals surface area contributed by atoms with Crippen molar-refractivity contribution in [2.75, 3.05) is 13.7 Å². The Balaban J connectivity index is 2.55. The van der Waals surface area contributed by atoms with Gasteiger partial charge in [0.2, 0.25) is 0 Å². The van der Waals surface area contributed by atoms with E-state index in [2.05, 4.69) is 4.89 Å². The zero-order valence-corrected chi connectivity index (χ0v) is 10.6. The second-order valence-corrected chi connectivity index (χ2v) is 3.89. The van der Waals surface area contributed by atoms with Crippen molar-refractivity contribution in [3.63, 3.8) is 0 Å². The van der Waals surface area contributed by atoms with Gasteiger partial charge in [-0.25, -0.2) is 4.79 Å². The molecular weight excluding hydrogens is 220 g/mol. The summed E-state index contributed by atoms with van der Waals surface area (Å²) in [6.45, 7) is 5.89. The molecule has 4 nitrogen and oxygen atoms in total. The molecule has 0 saturated heterocycles. The lowest BCUT2D eigenvalue weighted by Crippen LogP contribution is -2.12. The van der Waals surface area contributed by atoms with Gasteiger partial charge in [0.15, 0.2) is 6.10 Å². The van der Waals surface area contributed by atoms with E-state index in [4.69, 9.17) is 9.62 Å². The summed E-state index contributed by atoms with van der Waals surface area (Å²) >= 11 is 0. The lowest BCUT2D eigenvalue weighted by atomic mass is 10.1. The number of hydrogen-bond donors (Lipinski definition) is 0. The molecule has 0 unspecified atom stereocenters. The molecule has 0 aliphatic carbocycles. The maximum absolute atomic E-state index is 11.6. The van der Waals surface area contributed by atoms with Crippen LogP contribution in [0.2, 0.25) is 0 Å². The first-order valence-electron chi connectivity index (χ1n) is 5.32. The van der Waals surface area contributed by atoms with Gasteiger partial charge in [0.25, 0.3) is 0 Å². The van der Waals surface area contributed by atoms with Gasteiger partial charge in [0.1, 0.15) is 0 Å².